The van der Waals surface area contributed by atoms with Crippen LogP contribution in [0.2, 0.25) is 0 Å². The predicted octanol–water partition coefficient (Wildman–Crippen LogP) is 2.98. The molecule has 1 aromatic heterocycles. The van der Waals surface area contributed by atoms with Gasteiger partial charge in [0, 0.05) is 25.5 Å². The number of morpholine rings is 1. The minimum absolute atomic E-state index is 0.00598. The van der Waals surface area contributed by atoms with Crippen LogP contribution >= 0.6 is 0 Å². The maximum absolute atomic E-state index is 13.0. The number of carbonyl (C=O) groups is 1. The average Bonchev–Trinajstić information content (AvgIpc) is 3.34. The van der Waals surface area contributed by atoms with E-state index in [-0.39, 0.29) is 17.7 Å². The van der Waals surface area contributed by atoms with Gasteiger partial charge in [0.25, 0.3) is 0 Å². The smallest absolute Gasteiger partial charge is 0.318 e. The van der Waals surface area contributed by atoms with Crippen LogP contribution in [0.1, 0.15) is 37.3 Å². The molecule has 0 radical (unpaired) electrons. The molecule has 6 heteroatoms. The summed E-state index contributed by atoms with van der Waals surface area (Å²) in [5.41, 5.74) is 0.987. The first-order valence-electron chi connectivity index (χ1n) is 9.44. The van der Waals surface area contributed by atoms with Gasteiger partial charge in [0.2, 0.25) is 0 Å². The highest BCUT2D eigenvalue weighted by Crippen LogP contribution is 2.35. The Hall–Kier alpha value is -2.34. The number of hydrogen-bond acceptors (Lipinski definition) is 3. The number of nitrogens with one attached hydrogen (secondary N) is 1. The van der Waals surface area contributed by atoms with Gasteiger partial charge in [0.1, 0.15) is 0 Å². The summed E-state index contributed by atoms with van der Waals surface area (Å²) in [7, 11) is 0. The number of benzene rings is 1. The summed E-state index contributed by atoms with van der Waals surface area (Å²) in [6, 6.07) is 10.0. The van der Waals surface area contributed by atoms with E-state index in [1.165, 1.54) is 12.8 Å². The molecule has 2 aromatic rings. The first-order valence-corrected chi connectivity index (χ1v) is 9.44. The molecule has 1 aliphatic carbocycles. The first-order chi connectivity index (χ1) is 12.7. The van der Waals surface area contributed by atoms with E-state index in [0.717, 1.165) is 18.4 Å². The maximum Gasteiger partial charge on any atom is 0.318 e. The van der Waals surface area contributed by atoms with Crippen molar-refractivity contribution >= 4 is 6.03 Å². The molecule has 1 saturated carbocycles. The molecule has 0 bridgehead atoms. The highest BCUT2D eigenvalue weighted by molar-refractivity contribution is 5.75. The fraction of sp³-hybridized carbons (Fsp3) is 0.500. The number of imidazole rings is 1. The number of urea groups is 1. The third kappa shape index (κ3) is 3.75. The third-order valence-corrected chi connectivity index (χ3v) is 5.50. The summed E-state index contributed by atoms with van der Waals surface area (Å²) in [6.07, 6.45) is 9.98. The van der Waals surface area contributed by atoms with Gasteiger partial charge >= 0.3 is 6.03 Å². The van der Waals surface area contributed by atoms with Crippen molar-refractivity contribution in [2.45, 2.75) is 43.9 Å². The lowest BCUT2D eigenvalue weighted by Crippen LogP contribution is -2.55. The van der Waals surface area contributed by atoms with Crippen LogP contribution < -0.4 is 5.32 Å². The van der Waals surface area contributed by atoms with Crippen LogP contribution in [0.25, 0.3) is 0 Å². The Labute approximate surface area is 154 Å². The van der Waals surface area contributed by atoms with Crippen molar-refractivity contribution in [2.24, 2.45) is 0 Å². The Kier molecular flexibility index (Phi) is 4.93. The van der Waals surface area contributed by atoms with Crippen LogP contribution in [0.15, 0.2) is 49.1 Å². The number of rotatable bonds is 4. The number of nitrogens with zero attached hydrogens (tertiary/aromatic N) is 3. The molecule has 1 spiro atoms. The molecule has 1 atom stereocenters. The zero-order valence-electron chi connectivity index (χ0n) is 15.0. The highest BCUT2D eigenvalue weighted by Gasteiger charge is 2.40. The fourth-order valence-electron chi connectivity index (χ4n) is 4.11. The zero-order valence-corrected chi connectivity index (χ0v) is 15.0. The topological polar surface area (TPSA) is 59.4 Å². The van der Waals surface area contributed by atoms with Gasteiger partial charge in [-0.3, -0.25) is 0 Å². The monoisotopic (exact) mass is 354 g/mol. The average molecular weight is 354 g/mol. The van der Waals surface area contributed by atoms with Gasteiger partial charge in [-0.2, -0.15) is 0 Å². The van der Waals surface area contributed by atoms with Crippen molar-refractivity contribution in [3.63, 3.8) is 0 Å². The summed E-state index contributed by atoms with van der Waals surface area (Å²) in [5, 5.41) is 3.23. The minimum Gasteiger partial charge on any atom is -0.371 e. The molecule has 1 unspecified atom stereocenters. The molecule has 138 valence electrons. The summed E-state index contributed by atoms with van der Waals surface area (Å²) in [6.45, 7) is 2.64. The molecule has 2 aliphatic rings. The Morgan fingerprint density at radius 3 is 2.81 bits per heavy atom. The van der Waals surface area contributed by atoms with Gasteiger partial charge in [-0.25, -0.2) is 9.78 Å². The number of carbonyl (C=O) groups excluding carboxylic acids is 1. The fourth-order valence-corrected chi connectivity index (χ4v) is 4.11. The number of hydrogen-bond donors (Lipinski definition) is 1. The largest absolute Gasteiger partial charge is 0.371 e. The Morgan fingerprint density at radius 2 is 2.08 bits per heavy atom. The lowest BCUT2D eigenvalue weighted by Gasteiger charge is -2.41. The second-order valence-electron chi connectivity index (χ2n) is 7.33. The van der Waals surface area contributed by atoms with Gasteiger partial charge in [0.05, 0.1) is 31.1 Å². The molecule has 4 rings (SSSR count). The number of aromatic nitrogens is 2. The predicted molar refractivity (Wildman–Crippen MR) is 98.7 cm³/mol. The standard InChI is InChI=1S/C20H26N4O2/c25-19(24-12-13-26-20(15-24)8-4-5-9-20)22-18(14-23-11-10-21-16-23)17-6-2-1-3-7-17/h1-3,6-7,10-11,16,18H,4-5,8-9,12-15H2,(H,22,25). The molecule has 1 saturated heterocycles. The van der Waals surface area contributed by atoms with Crippen LogP contribution in [-0.2, 0) is 11.3 Å². The van der Waals surface area contributed by atoms with E-state index < -0.39 is 0 Å². The Bertz CT molecular complexity index is 711. The summed E-state index contributed by atoms with van der Waals surface area (Å²) in [4.78, 5) is 19.0. The van der Waals surface area contributed by atoms with E-state index in [9.17, 15) is 4.79 Å². The zero-order chi connectivity index (χ0) is 17.8. The van der Waals surface area contributed by atoms with Crippen molar-refractivity contribution < 1.29 is 9.53 Å². The van der Waals surface area contributed by atoms with Crippen molar-refractivity contribution in [3.8, 4) is 0 Å². The van der Waals surface area contributed by atoms with E-state index in [4.69, 9.17) is 4.74 Å². The SMILES string of the molecule is O=C(NC(Cn1ccnc1)c1ccccc1)N1CCOC2(CCCC2)C1. The van der Waals surface area contributed by atoms with E-state index in [1.54, 1.807) is 12.5 Å². The van der Waals surface area contributed by atoms with Crippen LogP contribution in [-0.4, -0.2) is 45.8 Å². The van der Waals surface area contributed by atoms with Gasteiger partial charge in [0.15, 0.2) is 0 Å². The van der Waals surface area contributed by atoms with Gasteiger partial charge in [-0.05, 0) is 18.4 Å². The number of amides is 2. The molecular weight excluding hydrogens is 328 g/mol. The molecular formula is C20H26N4O2. The van der Waals surface area contributed by atoms with Crippen molar-refractivity contribution in [2.75, 3.05) is 19.7 Å². The van der Waals surface area contributed by atoms with Gasteiger partial charge < -0.3 is 19.5 Å². The van der Waals surface area contributed by atoms with Gasteiger partial charge in [-0.15, -0.1) is 0 Å². The van der Waals surface area contributed by atoms with Crippen LogP contribution in [0.3, 0.4) is 0 Å². The van der Waals surface area contributed by atoms with Crippen LogP contribution in [0.4, 0.5) is 4.79 Å². The minimum atomic E-state index is -0.109. The molecule has 26 heavy (non-hydrogen) atoms. The summed E-state index contributed by atoms with van der Waals surface area (Å²) < 4.78 is 8.04. The van der Waals surface area contributed by atoms with E-state index >= 15 is 0 Å². The molecule has 2 heterocycles. The lowest BCUT2D eigenvalue weighted by molar-refractivity contribution is -0.0927. The quantitative estimate of drug-likeness (QED) is 0.918. The highest BCUT2D eigenvalue weighted by atomic mass is 16.5. The molecule has 1 N–H and O–H groups in total. The Balaban J connectivity index is 1.47. The van der Waals surface area contributed by atoms with E-state index in [2.05, 4.69) is 22.4 Å². The van der Waals surface area contributed by atoms with Crippen molar-refractivity contribution in [1.82, 2.24) is 19.8 Å². The maximum atomic E-state index is 13.0. The summed E-state index contributed by atoms with van der Waals surface area (Å²) >= 11 is 0. The second-order valence-corrected chi connectivity index (χ2v) is 7.33. The second kappa shape index (κ2) is 7.50. The number of ether oxygens (including phenoxy) is 1. The molecule has 2 amide bonds. The van der Waals surface area contributed by atoms with Crippen LogP contribution in [0, 0.1) is 0 Å². The molecule has 1 aromatic carbocycles. The van der Waals surface area contributed by atoms with Crippen LogP contribution in [0.5, 0.6) is 0 Å². The third-order valence-electron chi connectivity index (χ3n) is 5.50. The molecule has 6 nitrogen and oxygen atoms in total. The van der Waals surface area contributed by atoms with E-state index in [0.29, 0.717) is 26.2 Å². The molecule has 1 aliphatic heterocycles. The molecule has 2 fully saturated rings. The van der Waals surface area contributed by atoms with Gasteiger partial charge in [-0.1, -0.05) is 43.2 Å². The summed E-state index contributed by atoms with van der Waals surface area (Å²) in [5.74, 6) is 0. The Morgan fingerprint density at radius 1 is 1.27 bits per heavy atom. The first kappa shape index (κ1) is 17.1. The van der Waals surface area contributed by atoms with Crippen molar-refractivity contribution in [3.05, 3.63) is 54.6 Å². The normalized spacial score (nSPS) is 20.2. The van der Waals surface area contributed by atoms with E-state index in [1.807, 2.05) is 33.9 Å². The lowest BCUT2D eigenvalue weighted by atomic mass is 10.00. The van der Waals surface area contributed by atoms with Crippen molar-refractivity contribution in [1.29, 1.82) is 0 Å².